The second-order valence-corrected chi connectivity index (χ2v) is 8.37. The molecule has 2 saturated carbocycles. The molecule has 5 heteroatoms. The highest BCUT2D eigenvalue weighted by atomic mass is 16.4. The van der Waals surface area contributed by atoms with Gasteiger partial charge >= 0.3 is 0 Å². The van der Waals surface area contributed by atoms with Crippen molar-refractivity contribution in [3.8, 4) is 0 Å². The zero-order valence-corrected chi connectivity index (χ0v) is 14.4. The summed E-state index contributed by atoms with van der Waals surface area (Å²) in [4.78, 5) is 11.7. The first-order valence-corrected chi connectivity index (χ1v) is 9.17. The Kier molecular flexibility index (Phi) is 4.91. The summed E-state index contributed by atoms with van der Waals surface area (Å²) >= 11 is 0. The molecule has 0 aromatic rings. The highest BCUT2D eigenvalue weighted by Gasteiger charge is 2.53. The lowest BCUT2D eigenvalue weighted by atomic mass is 9.52. The van der Waals surface area contributed by atoms with Crippen molar-refractivity contribution >= 4 is 6.29 Å². The average molecular weight is 338 g/mol. The van der Waals surface area contributed by atoms with E-state index in [2.05, 4.69) is 6.08 Å². The monoisotopic (exact) mass is 338 g/mol. The zero-order valence-electron chi connectivity index (χ0n) is 14.4. The van der Waals surface area contributed by atoms with Crippen molar-refractivity contribution in [2.45, 2.75) is 57.2 Å². The van der Waals surface area contributed by atoms with Crippen LogP contribution in [-0.2, 0) is 4.79 Å². The number of aliphatic hydroxyl groups is 4. The number of carbonyl (C=O) groups excluding carboxylic acids is 1. The van der Waals surface area contributed by atoms with E-state index in [0.29, 0.717) is 24.7 Å². The molecule has 4 N–H and O–H groups in total. The molecule has 0 aliphatic heterocycles. The molecule has 5 nitrogen and oxygen atoms in total. The molecule has 0 aromatic heterocycles. The molecular weight excluding hydrogens is 308 g/mol. The average Bonchev–Trinajstić information content (AvgIpc) is 2.63. The third-order valence-electron chi connectivity index (χ3n) is 7.30. The normalized spacial score (nSPS) is 42.7. The largest absolute Gasteiger partial charge is 0.393 e. The van der Waals surface area contributed by atoms with Crippen LogP contribution >= 0.6 is 0 Å². The Bertz CT molecular complexity index is 512. The molecule has 0 radical (unpaired) electrons. The minimum Gasteiger partial charge on any atom is -0.393 e. The summed E-state index contributed by atoms with van der Waals surface area (Å²) in [5.41, 5.74) is -0.779. The molecule has 0 bridgehead atoms. The van der Waals surface area contributed by atoms with Crippen molar-refractivity contribution in [3.05, 3.63) is 11.6 Å². The van der Waals surface area contributed by atoms with Crippen molar-refractivity contribution in [3.63, 3.8) is 0 Å². The topological polar surface area (TPSA) is 98.0 Å². The van der Waals surface area contributed by atoms with Gasteiger partial charge in [-0.05, 0) is 62.2 Å². The maximum atomic E-state index is 11.7. The Balaban J connectivity index is 1.82. The predicted octanol–water partition coefficient (Wildman–Crippen LogP) is 1.04. The first kappa shape index (κ1) is 18.1. The van der Waals surface area contributed by atoms with Crippen molar-refractivity contribution in [2.24, 2.45) is 29.1 Å². The van der Waals surface area contributed by atoms with E-state index in [1.807, 2.05) is 6.92 Å². The van der Waals surface area contributed by atoms with Crippen LogP contribution < -0.4 is 0 Å². The first-order valence-electron chi connectivity index (χ1n) is 9.17. The van der Waals surface area contributed by atoms with E-state index >= 15 is 0 Å². The van der Waals surface area contributed by atoms with Crippen LogP contribution in [0.5, 0.6) is 0 Å². The number of carbonyl (C=O) groups is 1. The third-order valence-corrected chi connectivity index (χ3v) is 7.30. The Morgan fingerprint density at radius 2 is 1.96 bits per heavy atom. The molecule has 136 valence electrons. The number of aldehydes is 1. The SMILES string of the molecule is C[C@]1(C=O)[C@H](O)CC[C@H]2[C@@H]3CC[C@@H](C(O)(CO)CO)CC3=CC[C@@H]21. The van der Waals surface area contributed by atoms with Crippen LogP contribution in [0.3, 0.4) is 0 Å². The standard InChI is InChI=1S/C19H30O5/c1-18(9-20)16-6-2-12-8-13(19(24,10-21)11-22)3-4-14(12)15(16)5-7-17(18)23/h2,9,13-17,21-24H,3-8,10-11H2,1H3/t13-,14-,15+,16+,17-,18-/m1/s1. The second-order valence-electron chi connectivity index (χ2n) is 8.37. The molecule has 0 amide bonds. The number of rotatable bonds is 4. The molecule has 24 heavy (non-hydrogen) atoms. The van der Waals surface area contributed by atoms with E-state index in [9.17, 15) is 25.2 Å². The maximum absolute atomic E-state index is 11.7. The third kappa shape index (κ3) is 2.66. The van der Waals surface area contributed by atoms with Gasteiger partial charge in [-0.15, -0.1) is 0 Å². The molecule has 3 rings (SSSR count). The molecule has 2 fully saturated rings. The van der Waals surface area contributed by atoms with Crippen LogP contribution in [0, 0.1) is 29.1 Å². The Morgan fingerprint density at radius 1 is 1.25 bits per heavy atom. The fourth-order valence-corrected chi connectivity index (χ4v) is 5.52. The van der Waals surface area contributed by atoms with Crippen LogP contribution in [-0.4, -0.2) is 51.6 Å². The zero-order chi connectivity index (χ0) is 17.5. The van der Waals surface area contributed by atoms with Gasteiger partial charge in [0.25, 0.3) is 0 Å². The van der Waals surface area contributed by atoms with E-state index in [4.69, 9.17) is 0 Å². The van der Waals surface area contributed by atoms with Crippen LogP contribution in [0.15, 0.2) is 11.6 Å². The van der Waals surface area contributed by atoms with Crippen LogP contribution in [0.1, 0.15) is 45.4 Å². The van der Waals surface area contributed by atoms with Gasteiger partial charge in [0.05, 0.1) is 24.7 Å². The summed E-state index contributed by atoms with van der Waals surface area (Å²) in [5.74, 6) is 0.853. The molecule has 0 heterocycles. The summed E-state index contributed by atoms with van der Waals surface area (Å²) in [7, 11) is 0. The molecule has 0 aromatic carbocycles. The Hall–Kier alpha value is -0.750. The number of fused-ring (bicyclic) bond motifs is 3. The van der Waals surface area contributed by atoms with Crippen LogP contribution in [0.25, 0.3) is 0 Å². The lowest BCUT2D eigenvalue weighted by Crippen LogP contribution is -2.53. The molecule has 0 spiro atoms. The summed E-state index contributed by atoms with van der Waals surface area (Å²) in [6, 6.07) is 0. The van der Waals surface area contributed by atoms with Gasteiger partial charge in [-0.25, -0.2) is 0 Å². The summed E-state index contributed by atoms with van der Waals surface area (Å²) in [6.07, 6.45) is 7.35. The maximum Gasteiger partial charge on any atom is 0.128 e. The van der Waals surface area contributed by atoms with Crippen molar-refractivity contribution < 1.29 is 25.2 Å². The first-order chi connectivity index (χ1) is 11.4. The number of aliphatic hydroxyl groups excluding tert-OH is 3. The molecule has 6 atom stereocenters. The number of allylic oxidation sites excluding steroid dienone is 2. The Morgan fingerprint density at radius 3 is 2.58 bits per heavy atom. The van der Waals surface area contributed by atoms with Gasteiger partial charge in [-0.2, -0.15) is 0 Å². The van der Waals surface area contributed by atoms with Gasteiger partial charge in [0.15, 0.2) is 0 Å². The fraction of sp³-hybridized carbons (Fsp3) is 0.842. The van der Waals surface area contributed by atoms with Crippen LogP contribution in [0.4, 0.5) is 0 Å². The summed E-state index contributed by atoms with van der Waals surface area (Å²) < 4.78 is 0. The molecule has 0 saturated heterocycles. The lowest BCUT2D eigenvalue weighted by Gasteiger charge is -2.53. The summed E-state index contributed by atoms with van der Waals surface area (Å²) in [5, 5.41) is 39.7. The molecule has 3 aliphatic carbocycles. The fourth-order valence-electron chi connectivity index (χ4n) is 5.52. The minimum absolute atomic E-state index is 0.127. The van der Waals surface area contributed by atoms with Crippen molar-refractivity contribution in [1.82, 2.24) is 0 Å². The van der Waals surface area contributed by atoms with Gasteiger partial charge in [-0.3, -0.25) is 0 Å². The molecule has 0 unspecified atom stereocenters. The van der Waals surface area contributed by atoms with Gasteiger partial charge < -0.3 is 25.2 Å². The highest BCUT2D eigenvalue weighted by Crippen LogP contribution is 2.55. The van der Waals surface area contributed by atoms with Gasteiger partial charge in [0.1, 0.15) is 11.9 Å². The van der Waals surface area contributed by atoms with Crippen molar-refractivity contribution in [2.75, 3.05) is 13.2 Å². The van der Waals surface area contributed by atoms with Crippen LogP contribution in [0.2, 0.25) is 0 Å². The van der Waals surface area contributed by atoms with E-state index in [0.717, 1.165) is 32.0 Å². The predicted molar refractivity (Wildman–Crippen MR) is 89.0 cm³/mol. The van der Waals surface area contributed by atoms with E-state index in [1.165, 1.54) is 5.57 Å². The van der Waals surface area contributed by atoms with E-state index < -0.39 is 30.3 Å². The van der Waals surface area contributed by atoms with E-state index in [-0.39, 0.29) is 11.8 Å². The Labute approximate surface area is 143 Å². The summed E-state index contributed by atoms with van der Waals surface area (Å²) in [6.45, 7) is 1.05. The second kappa shape index (κ2) is 6.52. The van der Waals surface area contributed by atoms with Gasteiger partial charge in [0.2, 0.25) is 0 Å². The minimum atomic E-state index is -1.41. The van der Waals surface area contributed by atoms with Gasteiger partial charge in [0, 0.05) is 0 Å². The van der Waals surface area contributed by atoms with Crippen molar-refractivity contribution in [1.29, 1.82) is 0 Å². The van der Waals surface area contributed by atoms with Gasteiger partial charge in [-0.1, -0.05) is 18.6 Å². The number of hydrogen-bond donors (Lipinski definition) is 4. The quantitative estimate of drug-likeness (QED) is 0.454. The number of hydrogen-bond acceptors (Lipinski definition) is 5. The lowest BCUT2D eigenvalue weighted by molar-refractivity contribution is -0.138. The highest BCUT2D eigenvalue weighted by molar-refractivity contribution is 5.61. The molecular formula is C19H30O5. The van der Waals surface area contributed by atoms with E-state index in [1.54, 1.807) is 0 Å². The smallest absolute Gasteiger partial charge is 0.128 e. The molecule has 3 aliphatic rings.